The van der Waals surface area contributed by atoms with Crippen LogP contribution in [-0.4, -0.2) is 4.98 Å². The van der Waals surface area contributed by atoms with Crippen LogP contribution < -0.4 is 5.43 Å². The average molecular weight is 221 g/mol. The molecule has 1 heterocycles. The summed E-state index contributed by atoms with van der Waals surface area (Å²) >= 11 is 1.20. The second kappa shape index (κ2) is 3.98. The molecule has 0 aliphatic heterocycles. The van der Waals surface area contributed by atoms with Crippen molar-refractivity contribution in [3.63, 3.8) is 0 Å². The summed E-state index contributed by atoms with van der Waals surface area (Å²) in [6.45, 7) is 0. The molecule has 1 N–H and O–H groups in total. The van der Waals surface area contributed by atoms with E-state index in [1.54, 1.807) is 12.3 Å². The molecule has 0 aliphatic rings. The Hall–Kier alpha value is -2.07. The van der Waals surface area contributed by atoms with Gasteiger partial charge in [0.2, 0.25) is 5.13 Å². The number of hydrogen-bond donors (Lipinski definition) is 1. The van der Waals surface area contributed by atoms with Crippen LogP contribution in [0, 0.1) is 17.3 Å². The van der Waals surface area contributed by atoms with E-state index < -0.39 is 0 Å². The van der Waals surface area contributed by atoms with Crippen LogP contribution in [0.5, 0.6) is 0 Å². The Balaban J connectivity index is 2.35. The van der Waals surface area contributed by atoms with Crippen molar-refractivity contribution >= 4 is 26.7 Å². The summed E-state index contributed by atoms with van der Waals surface area (Å²) in [6.07, 6.45) is 1.59. The van der Waals surface area contributed by atoms with E-state index in [0.717, 1.165) is 0 Å². The van der Waals surface area contributed by atoms with Gasteiger partial charge in [-0.1, -0.05) is 21.7 Å². The van der Waals surface area contributed by atoms with E-state index in [1.807, 2.05) is 5.43 Å². The van der Waals surface area contributed by atoms with Crippen LogP contribution in [0.4, 0.5) is 9.52 Å². The lowest BCUT2D eigenvalue weighted by molar-refractivity contribution is 0.630. The number of nitrogens with one attached hydrogen (secondary N) is 1. The van der Waals surface area contributed by atoms with Crippen molar-refractivity contribution in [2.24, 2.45) is 10.3 Å². The lowest BCUT2D eigenvalue weighted by Crippen LogP contribution is -1.88. The summed E-state index contributed by atoms with van der Waals surface area (Å²) in [5.41, 5.74) is 2.67. The molecule has 0 fully saturated rings. The molecule has 0 unspecified atom stereocenters. The van der Waals surface area contributed by atoms with Crippen LogP contribution in [0.3, 0.4) is 0 Å². The van der Waals surface area contributed by atoms with Crippen molar-refractivity contribution < 1.29 is 4.39 Å². The Labute approximate surface area is 87.9 Å². The molecule has 2 aromatic rings. The van der Waals surface area contributed by atoms with E-state index in [1.165, 1.54) is 23.5 Å². The minimum absolute atomic E-state index is 0.315. The highest BCUT2D eigenvalue weighted by atomic mass is 32.1. The van der Waals surface area contributed by atoms with E-state index in [4.69, 9.17) is 5.26 Å². The van der Waals surface area contributed by atoms with Gasteiger partial charge in [-0.2, -0.15) is 10.7 Å². The van der Waals surface area contributed by atoms with Gasteiger partial charge in [-0.15, -0.1) is 0 Å². The fourth-order valence-corrected chi connectivity index (χ4v) is 1.83. The Morgan fingerprint density at radius 3 is 3.20 bits per heavy atom. The van der Waals surface area contributed by atoms with Gasteiger partial charge in [0, 0.05) is 0 Å². The van der Waals surface area contributed by atoms with Gasteiger partial charge in [0.15, 0.2) is 6.19 Å². The van der Waals surface area contributed by atoms with E-state index in [-0.39, 0.29) is 5.82 Å². The molecular weight excluding hydrogens is 217 g/mol. The molecule has 0 saturated carbocycles. The summed E-state index contributed by atoms with van der Waals surface area (Å²) in [5, 5.41) is 15.5. The number of halogens is 1. The topological polar surface area (TPSA) is 73.4 Å². The average Bonchev–Trinajstić information content (AvgIpc) is 2.60. The second-order valence-corrected chi connectivity index (χ2v) is 3.54. The number of rotatable bonds is 2. The number of hydrogen-bond acceptors (Lipinski definition) is 5. The van der Waals surface area contributed by atoms with Crippen LogP contribution in [0.1, 0.15) is 0 Å². The molecule has 0 bridgehead atoms. The smallest absolute Gasteiger partial charge is 0.217 e. The van der Waals surface area contributed by atoms with Gasteiger partial charge >= 0.3 is 0 Å². The lowest BCUT2D eigenvalue weighted by atomic mass is 10.3. The summed E-state index contributed by atoms with van der Waals surface area (Å²) in [7, 11) is 0. The maximum absolute atomic E-state index is 12.8. The number of aromatic nitrogens is 1. The highest BCUT2D eigenvalue weighted by Crippen LogP contribution is 2.28. The molecule has 0 atom stereocenters. The van der Waals surface area contributed by atoms with Crippen LogP contribution in [0.15, 0.2) is 28.5 Å². The largest absolute Gasteiger partial charge is 0.232 e. The van der Waals surface area contributed by atoms with Gasteiger partial charge in [0.25, 0.3) is 0 Å². The maximum atomic E-state index is 12.8. The Morgan fingerprint density at radius 1 is 1.53 bits per heavy atom. The molecule has 1 aromatic heterocycles. The predicted octanol–water partition coefficient (Wildman–Crippen LogP) is 2.50. The highest BCUT2D eigenvalue weighted by Gasteiger charge is 2.03. The third-order valence-corrected chi connectivity index (χ3v) is 2.48. The molecule has 0 spiro atoms. The molecule has 2 rings (SSSR count). The zero-order chi connectivity index (χ0) is 10.7. The SMILES string of the molecule is N#CN/N=N/c1nc2ccc(F)cc2s1. The van der Waals surface area contributed by atoms with Crippen LogP contribution in [0.25, 0.3) is 10.2 Å². The quantitative estimate of drug-likeness (QED) is 0.366. The third kappa shape index (κ3) is 2.05. The fraction of sp³-hybridized carbons (Fsp3) is 0. The standard InChI is InChI=1S/C8H4FN5S/c9-5-1-2-6-7(3-5)15-8(12-6)13-14-11-4-10/h1-3H,(H,11,12,13). The monoisotopic (exact) mass is 221 g/mol. The minimum atomic E-state index is -0.315. The fourth-order valence-electron chi connectivity index (χ4n) is 1.02. The molecule has 0 radical (unpaired) electrons. The predicted molar refractivity (Wildman–Crippen MR) is 52.8 cm³/mol. The van der Waals surface area contributed by atoms with Gasteiger partial charge in [-0.25, -0.2) is 9.37 Å². The van der Waals surface area contributed by atoms with Crippen molar-refractivity contribution in [3.05, 3.63) is 24.0 Å². The van der Waals surface area contributed by atoms with Gasteiger partial charge in [-0.3, -0.25) is 0 Å². The maximum Gasteiger partial charge on any atom is 0.232 e. The third-order valence-electron chi connectivity index (χ3n) is 1.57. The van der Waals surface area contributed by atoms with Crippen LogP contribution >= 0.6 is 11.3 Å². The molecule has 0 saturated heterocycles. The summed E-state index contributed by atoms with van der Waals surface area (Å²) in [5.74, 6) is -0.315. The Kier molecular flexibility index (Phi) is 2.51. The first-order chi connectivity index (χ1) is 7.29. The molecule has 5 nitrogen and oxygen atoms in total. The summed E-state index contributed by atoms with van der Waals surface area (Å²) in [6, 6.07) is 4.28. The number of thiazole rings is 1. The lowest BCUT2D eigenvalue weighted by Gasteiger charge is -1.85. The number of fused-ring (bicyclic) bond motifs is 1. The first-order valence-corrected chi connectivity index (χ1v) is 4.72. The first kappa shape index (κ1) is 9.48. The number of benzene rings is 1. The van der Waals surface area contributed by atoms with Gasteiger partial charge in [0.1, 0.15) is 5.82 Å². The molecule has 0 aliphatic carbocycles. The van der Waals surface area contributed by atoms with Gasteiger partial charge in [0.05, 0.1) is 10.2 Å². The van der Waals surface area contributed by atoms with E-state index in [0.29, 0.717) is 15.3 Å². The van der Waals surface area contributed by atoms with E-state index >= 15 is 0 Å². The van der Waals surface area contributed by atoms with Crippen molar-refractivity contribution in [2.75, 3.05) is 0 Å². The van der Waals surface area contributed by atoms with Crippen molar-refractivity contribution in [3.8, 4) is 6.19 Å². The van der Waals surface area contributed by atoms with Crippen LogP contribution in [0.2, 0.25) is 0 Å². The normalized spacial score (nSPS) is 10.7. The second-order valence-electron chi connectivity index (χ2n) is 2.53. The van der Waals surface area contributed by atoms with Gasteiger partial charge < -0.3 is 0 Å². The minimum Gasteiger partial charge on any atom is -0.217 e. The van der Waals surface area contributed by atoms with E-state index in [2.05, 4.69) is 15.3 Å². The zero-order valence-corrected chi connectivity index (χ0v) is 8.12. The zero-order valence-electron chi connectivity index (χ0n) is 7.31. The van der Waals surface area contributed by atoms with Crippen molar-refractivity contribution in [1.82, 2.24) is 10.4 Å². The number of nitrogens with zero attached hydrogens (tertiary/aromatic N) is 4. The molecule has 7 heteroatoms. The molecule has 1 aromatic carbocycles. The first-order valence-electron chi connectivity index (χ1n) is 3.90. The van der Waals surface area contributed by atoms with E-state index in [9.17, 15) is 4.39 Å². The van der Waals surface area contributed by atoms with Crippen molar-refractivity contribution in [2.45, 2.75) is 0 Å². The Morgan fingerprint density at radius 2 is 2.40 bits per heavy atom. The summed E-state index contributed by atoms with van der Waals surface area (Å²) in [4.78, 5) is 4.07. The molecular formula is C8H4FN5S. The highest BCUT2D eigenvalue weighted by molar-refractivity contribution is 7.21. The van der Waals surface area contributed by atoms with Gasteiger partial charge in [-0.05, 0) is 18.2 Å². The number of nitriles is 1. The molecule has 0 amide bonds. The van der Waals surface area contributed by atoms with Crippen molar-refractivity contribution in [1.29, 1.82) is 5.26 Å². The Bertz CT molecular complexity index is 556. The summed E-state index contributed by atoms with van der Waals surface area (Å²) < 4.78 is 13.5. The molecule has 74 valence electrons. The van der Waals surface area contributed by atoms with Crippen LogP contribution in [-0.2, 0) is 0 Å². The molecule has 15 heavy (non-hydrogen) atoms.